The largest absolute Gasteiger partial charge is 0.370 e. The number of hydrogen-bond acceptors (Lipinski definition) is 3. The van der Waals surface area contributed by atoms with Crippen LogP contribution in [0.3, 0.4) is 0 Å². The van der Waals surface area contributed by atoms with Gasteiger partial charge in [-0.05, 0) is 52.3 Å². The van der Waals surface area contributed by atoms with Crippen molar-refractivity contribution in [3.8, 4) is 0 Å². The Bertz CT molecular complexity index is 627. The molecular weight excluding hydrogens is 460 g/mol. The van der Waals surface area contributed by atoms with E-state index in [4.69, 9.17) is 0 Å². The van der Waals surface area contributed by atoms with Gasteiger partial charge in [-0.25, -0.2) is 4.39 Å². The number of guanidine groups is 1. The van der Waals surface area contributed by atoms with E-state index in [1.54, 1.807) is 13.1 Å². The van der Waals surface area contributed by atoms with Crippen molar-refractivity contribution in [3.63, 3.8) is 0 Å². The van der Waals surface area contributed by atoms with Gasteiger partial charge in [0.15, 0.2) is 5.96 Å². The van der Waals surface area contributed by atoms with Crippen molar-refractivity contribution in [1.29, 1.82) is 0 Å². The molecule has 0 aliphatic rings. The summed E-state index contributed by atoms with van der Waals surface area (Å²) in [4.78, 5) is 17.9. The van der Waals surface area contributed by atoms with E-state index < -0.39 is 0 Å². The topological polar surface area (TPSA) is 68.8 Å². The third-order valence-electron chi connectivity index (χ3n) is 3.73. The lowest BCUT2D eigenvalue weighted by Gasteiger charge is -2.22. The summed E-state index contributed by atoms with van der Waals surface area (Å²) in [6.07, 6.45) is 0. The molecule has 27 heavy (non-hydrogen) atoms. The van der Waals surface area contributed by atoms with Crippen LogP contribution in [-0.2, 0) is 11.3 Å². The number of halogens is 2. The van der Waals surface area contributed by atoms with Crippen LogP contribution in [0.4, 0.5) is 10.1 Å². The molecule has 0 aliphatic carbocycles. The van der Waals surface area contributed by atoms with Crippen LogP contribution in [0.5, 0.6) is 0 Å². The summed E-state index contributed by atoms with van der Waals surface area (Å²) in [6.45, 7) is 11.8. The summed E-state index contributed by atoms with van der Waals surface area (Å²) < 4.78 is 14.3. The molecule has 154 valence electrons. The molecule has 0 atom stereocenters. The number of carbonyl (C=O) groups excluding carboxylic acids is 1. The van der Waals surface area contributed by atoms with Gasteiger partial charge in [-0.3, -0.25) is 9.79 Å². The van der Waals surface area contributed by atoms with Crippen LogP contribution >= 0.6 is 24.0 Å². The molecule has 3 N–H and O–H groups in total. The zero-order chi connectivity index (χ0) is 19.7. The SMILES string of the molecule is CCN(CC)c1ccc(CNC(=NC)NCC(=O)NC(C)(C)C)cc1F.I. The molecule has 0 unspecified atom stereocenters. The van der Waals surface area contributed by atoms with Gasteiger partial charge >= 0.3 is 0 Å². The van der Waals surface area contributed by atoms with E-state index in [-0.39, 0.29) is 47.8 Å². The molecule has 0 saturated heterocycles. The highest BCUT2D eigenvalue weighted by Gasteiger charge is 2.14. The third kappa shape index (κ3) is 9.25. The average molecular weight is 493 g/mol. The van der Waals surface area contributed by atoms with Gasteiger partial charge in [-0.15, -0.1) is 24.0 Å². The minimum atomic E-state index is -0.278. The number of anilines is 1. The Morgan fingerprint density at radius 2 is 1.81 bits per heavy atom. The normalized spacial score (nSPS) is 11.4. The first kappa shape index (κ1) is 25.4. The summed E-state index contributed by atoms with van der Waals surface area (Å²) in [5.41, 5.74) is 1.14. The van der Waals surface area contributed by atoms with Gasteiger partial charge in [0.05, 0.1) is 12.2 Å². The number of amides is 1. The smallest absolute Gasteiger partial charge is 0.239 e. The molecule has 0 heterocycles. The van der Waals surface area contributed by atoms with Crippen molar-refractivity contribution in [3.05, 3.63) is 29.6 Å². The zero-order valence-corrected chi connectivity index (χ0v) is 19.5. The van der Waals surface area contributed by atoms with Gasteiger partial charge in [-0.2, -0.15) is 0 Å². The van der Waals surface area contributed by atoms with Gasteiger partial charge in [-0.1, -0.05) is 6.07 Å². The summed E-state index contributed by atoms with van der Waals surface area (Å²) in [6, 6.07) is 5.22. The first-order valence-electron chi connectivity index (χ1n) is 8.99. The minimum absolute atomic E-state index is 0. The van der Waals surface area contributed by atoms with Crippen molar-refractivity contribution in [2.45, 2.75) is 46.7 Å². The number of nitrogens with one attached hydrogen (secondary N) is 3. The summed E-state index contributed by atoms with van der Waals surface area (Å²) in [7, 11) is 1.63. The predicted molar refractivity (Wildman–Crippen MR) is 121 cm³/mol. The number of rotatable bonds is 7. The highest BCUT2D eigenvalue weighted by molar-refractivity contribution is 14.0. The van der Waals surface area contributed by atoms with Crippen LogP contribution in [0.25, 0.3) is 0 Å². The van der Waals surface area contributed by atoms with Gasteiger partial charge in [0.2, 0.25) is 5.91 Å². The van der Waals surface area contributed by atoms with Crippen LogP contribution < -0.4 is 20.9 Å². The Hall–Kier alpha value is -1.58. The van der Waals surface area contributed by atoms with E-state index in [2.05, 4.69) is 20.9 Å². The second kappa shape index (κ2) is 12.0. The Morgan fingerprint density at radius 1 is 1.19 bits per heavy atom. The fraction of sp³-hybridized carbons (Fsp3) is 0.579. The zero-order valence-electron chi connectivity index (χ0n) is 17.1. The Kier molecular flexibility index (Phi) is 11.3. The van der Waals surface area contributed by atoms with Gasteiger partial charge in [0.1, 0.15) is 5.82 Å². The van der Waals surface area contributed by atoms with Crippen molar-refractivity contribution >= 4 is 41.5 Å². The van der Waals surface area contributed by atoms with E-state index in [1.165, 1.54) is 6.07 Å². The lowest BCUT2D eigenvalue weighted by atomic mass is 10.1. The highest BCUT2D eigenvalue weighted by atomic mass is 127. The second-order valence-electron chi connectivity index (χ2n) is 7.04. The molecule has 0 radical (unpaired) electrons. The first-order valence-corrected chi connectivity index (χ1v) is 8.99. The maximum absolute atomic E-state index is 14.3. The summed E-state index contributed by atoms with van der Waals surface area (Å²) >= 11 is 0. The van der Waals surface area contributed by atoms with E-state index in [1.807, 2.05) is 45.6 Å². The molecule has 0 aliphatic heterocycles. The fourth-order valence-electron chi connectivity index (χ4n) is 2.51. The van der Waals surface area contributed by atoms with Crippen LogP contribution in [0.1, 0.15) is 40.2 Å². The molecule has 1 rings (SSSR count). The molecule has 0 aromatic heterocycles. The van der Waals surface area contributed by atoms with E-state index in [9.17, 15) is 9.18 Å². The maximum atomic E-state index is 14.3. The van der Waals surface area contributed by atoms with Crippen LogP contribution in [0.2, 0.25) is 0 Å². The standard InChI is InChI=1S/C19H32FN5O.HI/c1-7-25(8-2)16-10-9-14(11-15(16)20)12-22-18(21-6)23-13-17(26)24-19(3,4)5;/h9-11H,7-8,12-13H2,1-6H3,(H,24,26)(H2,21,22,23);1H. The number of hydrogen-bond donors (Lipinski definition) is 3. The second-order valence-corrected chi connectivity index (χ2v) is 7.04. The molecule has 8 heteroatoms. The van der Waals surface area contributed by atoms with E-state index >= 15 is 0 Å². The molecule has 0 spiro atoms. The molecule has 0 bridgehead atoms. The van der Waals surface area contributed by atoms with Crippen LogP contribution in [-0.4, -0.2) is 44.1 Å². The molecule has 1 amide bonds. The lowest BCUT2D eigenvalue weighted by molar-refractivity contribution is -0.121. The summed E-state index contributed by atoms with van der Waals surface area (Å²) in [5, 5.41) is 8.90. The molecule has 1 aromatic rings. The lowest BCUT2D eigenvalue weighted by Crippen LogP contribution is -2.48. The highest BCUT2D eigenvalue weighted by Crippen LogP contribution is 2.20. The summed E-state index contributed by atoms with van der Waals surface area (Å²) in [5.74, 6) is 0.137. The van der Waals surface area contributed by atoms with Crippen LogP contribution in [0.15, 0.2) is 23.2 Å². The number of aliphatic imine (C=N–C) groups is 1. The Balaban J connectivity index is 0.00000676. The van der Waals surface area contributed by atoms with Crippen molar-refractivity contribution < 1.29 is 9.18 Å². The van der Waals surface area contributed by atoms with Crippen molar-refractivity contribution in [2.75, 3.05) is 31.6 Å². The maximum Gasteiger partial charge on any atom is 0.239 e. The molecular formula is C19H33FIN5O. The van der Waals surface area contributed by atoms with Gasteiger partial charge in [0, 0.05) is 32.2 Å². The van der Waals surface area contributed by atoms with E-state index in [0.717, 1.165) is 18.7 Å². The predicted octanol–water partition coefficient (Wildman–Crippen LogP) is 2.87. The van der Waals surface area contributed by atoms with Crippen molar-refractivity contribution in [2.24, 2.45) is 4.99 Å². The Morgan fingerprint density at radius 3 is 2.30 bits per heavy atom. The van der Waals surface area contributed by atoms with Crippen LogP contribution in [0, 0.1) is 5.82 Å². The molecule has 0 saturated carbocycles. The average Bonchev–Trinajstić information content (AvgIpc) is 2.56. The number of nitrogens with zero attached hydrogens (tertiary/aromatic N) is 2. The van der Waals surface area contributed by atoms with Crippen molar-refractivity contribution in [1.82, 2.24) is 16.0 Å². The quantitative estimate of drug-likeness (QED) is 0.311. The van der Waals surface area contributed by atoms with E-state index in [0.29, 0.717) is 18.2 Å². The molecule has 1 aromatic carbocycles. The molecule has 0 fully saturated rings. The number of carbonyl (C=O) groups is 1. The minimum Gasteiger partial charge on any atom is -0.370 e. The Labute approximate surface area is 179 Å². The number of benzene rings is 1. The monoisotopic (exact) mass is 493 g/mol. The molecule has 6 nitrogen and oxygen atoms in total. The van der Waals surface area contributed by atoms with Gasteiger partial charge in [0.25, 0.3) is 0 Å². The first-order chi connectivity index (χ1) is 12.2. The fourth-order valence-corrected chi connectivity index (χ4v) is 2.51. The van der Waals surface area contributed by atoms with Gasteiger partial charge < -0.3 is 20.9 Å². The third-order valence-corrected chi connectivity index (χ3v) is 3.73.